The Bertz CT molecular complexity index is 863. The number of thiol groups is 1. The Morgan fingerprint density at radius 2 is 1.78 bits per heavy atom. The lowest BCUT2D eigenvalue weighted by Gasteiger charge is -2.05. The van der Waals surface area contributed by atoms with Gasteiger partial charge in [0.1, 0.15) is 0 Å². The van der Waals surface area contributed by atoms with Crippen LogP contribution in [0.2, 0.25) is 0 Å². The molecule has 0 atom stereocenters. The number of nitrogens with zero attached hydrogens (tertiary/aromatic N) is 1. The van der Waals surface area contributed by atoms with Gasteiger partial charge in [-0.25, -0.2) is 4.98 Å². The molecular weight excluding hydrogens is 460 g/mol. The van der Waals surface area contributed by atoms with Gasteiger partial charge >= 0.3 is 0 Å². The lowest BCUT2D eigenvalue weighted by Crippen LogP contribution is -2.12. The van der Waals surface area contributed by atoms with Crippen molar-refractivity contribution < 1.29 is 4.79 Å². The third-order valence-electron chi connectivity index (χ3n) is 3.07. The van der Waals surface area contributed by atoms with Gasteiger partial charge in [-0.05, 0) is 30.3 Å². The number of halogens is 2. The zero-order valence-electron chi connectivity index (χ0n) is 11.6. The monoisotopic (exact) mass is 468 g/mol. The van der Waals surface area contributed by atoms with E-state index in [-0.39, 0.29) is 5.91 Å². The maximum atomic E-state index is 12.4. The fourth-order valence-corrected chi connectivity index (χ4v) is 3.52. The van der Waals surface area contributed by atoms with Crippen LogP contribution in [0.4, 0.5) is 5.13 Å². The van der Waals surface area contributed by atoms with Gasteiger partial charge in [0, 0.05) is 24.8 Å². The van der Waals surface area contributed by atoms with E-state index in [2.05, 4.69) is 54.8 Å². The van der Waals surface area contributed by atoms with Gasteiger partial charge in [0.15, 0.2) is 5.13 Å². The predicted octanol–water partition coefficient (Wildman–Crippen LogP) is 5.88. The second kappa shape index (κ2) is 7.17. The first-order chi connectivity index (χ1) is 11.0. The summed E-state index contributed by atoms with van der Waals surface area (Å²) in [5, 5.41) is 5.29. The van der Waals surface area contributed by atoms with E-state index in [1.807, 2.05) is 35.7 Å². The van der Waals surface area contributed by atoms with Gasteiger partial charge < -0.3 is 0 Å². The van der Waals surface area contributed by atoms with Crippen LogP contribution in [0, 0.1) is 0 Å². The molecule has 116 valence electrons. The number of carbonyl (C=O) groups excluding carboxylic acids is 1. The number of nitrogens with one attached hydrogen (secondary N) is 1. The van der Waals surface area contributed by atoms with E-state index < -0.39 is 0 Å². The number of anilines is 1. The zero-order valence-corrected chi connectivity index (χ0v) is 16.5. The number of aromatic nitrogens is 1. The molecule has 1 N–H and O–H groups in total. The van der Waals surface area contributed by atoms with Crippen LogP contribution in [-0.2, 0) is 0 Å². The van der Waals surface area contributed by atoms with Crippen molar-refractivity contribution in [1.82, 2.24) is 4.98 Å². The molecule has 0 saturated carbocycles. The van der Waals surface area contributed by atoms with E-state index in [0.717, 1.165) is 20.2 Å². The first-order valence-corrected chi connectivity index (χ1v) is 9.45. The largest absolute Gasteiger partial charge is 0.298 e. The van der Waals surface area contributed by atoms with Gasteiger partial charge in [0.25, 0.3) is 5.91 Å². The van der Waals surface area contributed by atoms with Gasteiger partial charge in [-0.2, -0.15) is 0 Å². The summed E-state index contributed by atoms with van der Waals surface area (Å²) in [5.74, 6) is -0.229. The Balaban J connectivity index is 1.80. The van der Waals surface area contributed by atoms with E-state index in [1.165, 1.54) is 11.3 Å². The number of benzene rings is 2. The molecule has 0 aliphatic rings. The van der Waals surface area contributed by atoms with Crippen molar-refractivity contribution in [3.8, 4) is 11.3 Å². The number of amides is 1. The molecule has 3 nitrogen and oxygen atoms in total. The van der Waals surface area contributed by atoms with Crippen molar-refractivity contribution >= 4 is 66.9 Å². The molecule has 7 heteroatoms. The Labute approximate surface area is 159 Å². The molecule has 3 aromatic rings. The van der Waals surface area contributed by atoms with E-state index in [0.29, 0.717) is 15.6 Å². The third kappa shape index (κ3) is 4.03. The summed E-state index contributed by atoms with van der Waals surface area (Å²) in [6.45, 7) is 0. The maximum Gasteiger partial charge on any atom is 0.258 e. The average molecular weight is 470 g/mol. The summed E-state index contributed by atoms with van der Waals surface area (Å²) in [4.78, 5) is 17.4. The summed E-state index contributed by atoms with van der Waals surface area (Å²) in [6.07, 6.45) is 0. The molecule has 2 aromatic carbocycles. The second-order valence-electron chi connectivity index (χ2n) is 4.66. The summed E-state index contributed by atoms with van der Waals surface area (Å²) in [6, 6.07) is 13.2. The smallest absolute Gasteiger partial charge is 0.258 e. The summed E-state index contributed by atoms with van der Waals surface area (Å²) >= 11 is 12.5. The molecule has 3 rings (SSSR count). The Morgan fingerprint density at radius 3 is 2.52 bits per heavy atom. The summed E-state index contributed by atoms with van der Waals surface area (Å²) in [7, 11) is 0. The molecule has 0 aliphatic carbocycles. The van der Waals surface area contributed by atoms with Crippen molar-refractivity contribution in [2.75, 3.05) is 5.32 Å². The van der Waals surface area contributed by atoms with E-state index in [1.54, 1.807) is 12.1 Å². The van der Waals surface area contributed by atoms with Crippen LogP contribution in [0.3, 0.4) is 0 Å². The maximum absolute atomic E-state index is 12.4. The highest BCUT2D eigenvalue weighted by atomic mass is 79.9. The molecule has 23 heavy (non-hydrogen) atoms. The molecule has 0 saturated heterocycles. The van der Waals surface area contributed by atoms with E-state index in [9.17, 15) is 4.79 Å². The number of thiazole rings is 1. The van der Waals surface area contributed by atoms with Crippen LogP contribution in [0.15, 0.2) is 61.7 Å². The standard InChI is InChI=1S/C16H10Br2N2OS2/c17-10-3-1-9(2-4-10)13-8-23-16(19-13)20-15(21)12-7-11(18)5-6-14(12)22/h1-8,22H,(H,19,20,21). The highest BCUT2D eigenvalue weighted by Crippen LogP contribution is 2.27. The molecule has 1 heterocycles. The Kier molecular flexibility index (Phi) is 5.21. The molecule has 0 bridgehead atoms. The van der Waals surface area contributed by atoms with Crippen LogP contribution in [0.25, 0.3) is 11.3 Å². The van der Waals surface area contributed by atoms with Crippen molar-refractivity contribution in [1.29, 1.82) is 0 Å². The highest BCUT2D eigenvalue weighted by molar-refractivity contribution is 9.10. The molecule has 1 aromatic heterocycles. The minimum atomic E-state index is -0.229. The van der Waals surface area contributed by atoms with E-state index in [4.69, 9.17) is 0 Å². The normalized spacial score (nSPS) is 10.6. The van der Waals surface area contributed by atoms with Crippen molar-refractivity contribution in [2.45, 2.75) is 4.90 Å². The minimum Gasteiger partial charge on any atom is -0.298 e. The molecule has 0 radical (unpaired) electrons. The van der Waals surface area contributed by atoms with Crippen LogP contribution in [0.5, 0.6) is 0 Å². The molecule has 0 spiro atoms. The van der Waals surface area contributed by atoms with Crippen LogP contribution in [0.1, 0.15) is 10.4 Å². The first-order valence-electron chi connectivity index (χ1n) is 6.54. The lowest BCUT2D eigenvalue weighted by atomic mass is 10.2. The average Bonchev–Trinajstić information content (AvgIpc) is 2.99. The van der Waals surface area contributed by atoms with Gasteiger partial charge in [0.05, 0.1) is 11.3 Å². The lowest BCUT2D eigenvalue weighted by molar-refractivity contribution is 0.102. The van der Waals surface area contributed by atoms with Gasteiger partial charge in [0.2, 0.25) is 0 Å². The highest BCUT2D eigenvalue weighted by Gasteiger charge is 2.13. The number of rotatable bonds is 3. The minimum absolute atomic E-state index is 0.229. The quantitative estimate of drug-likeness (QED) is 0.470. The fraction of sp³-hybridized carbons (Fsp3) is 0. The van der Waals surface area contributed by atoms with Gasteiger partial charge in [-0.3, -0.25) is 10.1 Å². The Hall–Kier alpha value is -1.15. The number of hydrogen-bond donors (Lipinski definition) is 2. The summed E-state index contributed by atoms with van der Waals surface area (Å²) < 4.78 is 1.84. The van der Waals surface area contributed by atoms with Gasteiger partial charge in [-0.15, -0.1) is 24.0 Å². The second-order valence-corrected chi connectivity index (χ2v) is 7.83. The summed E-state index contributed by atoms with van der Waals surface area (Å²) in [5.41, 5.74) is 2.34. The van der Waals surface area contributed by atoms with Crippen LogP contribution >= 0.6 is 55.8 Å². The molecule has 1 amide bonds. The van der Waals surface area contributed by atoms with Crippen molar-refractivity contribution in [3.63, 3.8) is 0 Å². The number of hydrogen-bond acceptors (Lipinski definition) is 4. The van der Waals surface area contributed by atoms with Crippen molar-refractivity contribution in [3.05, 3.63) is 62.4 Å². The molecule has 0 unspecified atom stereocenters. The molecule has 0 fully saturated rings. The van der Waals surface area contributed by atoms with Gasteiger partial charge in [-0.1, -0.05) is 44.0 Å². The molecule has 0 aliphatic heterocycles. The SMILES string of the molecule is O=C(Nc1nc(-c2ccc(Br)cc2)cs1)c1cc(Br)ccc1S. The van der Waals surface area contributed by atoms with Crippen LogP contribution in [-0.4, -0.2) is 10.9 Å². The third-order valence-corrected chi connectivity index (χ3v) is 5.24. The fourth-order valence-electron chi connectivity index (χ4n) is 1.94. The first kappa shape index (κ1) is 16.7. The van der Waals surface area contributed by atoms with Crippen LogP contribution < -0.4 is 5.32 Å². The molecular formula is C16H10Br2N2OS2. The topological polar surface area (TPSA) is 42.0 Å². The number of carbonyl (C=O) groups is 1. The Morgan fingerprint density at radius 1 is 1.09 bits per heavy atom. The van der Waals surface area contributed by atoms with E-state index >= 15 is 0 Å². The predicted molar refractivity (Wildman–Crippen MR) is 105 cm³/mol. The van der Waals surface area contributed by atoms with Crippen molar-refractivity contribution in [2.24, 2.45) is 0 Å². The zero-order chi connectivity index (χ0) is 16.4.